The third kappa shape index (κ3) is 3.46. The van der Waals surface area contributed by atoms with Gasteiger partial charge in [-0.05, 0) is 50.2 Å². The Morgan fingerprint density at radius 2 is 1.71 bits per heavy atom. The number of carbonyl (C=O) groups excluding carboxylic acids is 1. The maximum absolute atomic E-state index is 11.8. The highest BCUT2D eigenvalue weighted by atomic mass is 16.5. The van der Waals surface area contributed by atoms with E-state index in [-0.39, 0.29) is 0 Å². The van der Waals surface area contributed by atoms with E-state index in [2.05, 4.69) is 9.97 Å². The monoisotopic (exact) mass is 322 g/mol. The zero-order valence-electron chi connectivity index (χ0n) is 13.6. The number of nitrogens with one attached hydrogen (secondary N) is 1. The molecule has 1 heterocycles. The maximum Gasteiger partial charge on any atom is 0.358 e. The summed E-state index contributed by atoms with van der Waals surface area (Å²) in [6, 6.07) is 17.1. The van der Waals surface area contributed by atoms with E-state index in [0.29, 0.717) is 23.8 Å². The van der Waals surface area contributed by atoms with Crippen LogP contribution in [-0.4, -0.2) is 22.5 Å². The molecular weight excluding hydrogens is 304 g/mol. The lowest BCUT2D eigenvalue weighted by molar-refractivity contribution is 0.0519. The summed E-state index contributed by atoms with van der Waals surface area (Å²) in [6.45, 7) is 3.90. The second-order valence-electron chi connectivity index (χ2n) is 5.22. The van der Waals surface area contributed by atoms with Crippen LogP contribution in [0.25, 0.3) is 11.4 Å². The number of rotatable bonds is 5. The summed E-state index contributed by atoms with van der Waals surface area (Å²) < 4.78 is 10.8. The van der Waals surface area contributed by atoms with Crippen molar-refractivity contribution in [2.45, 2.75) is 13.8 Å². The minimum Gasteiger partial charge on any atom is -0.461 e. The fraction of sp³-hybridized carbons (Fsp3) is 0.158. The van der Waals surface area contributed by atoms with Gasteiger partial charge in [0.25, 0.3) is 0 Å². The largest absolute Gasteiger partial charge is 0.461 e. The van der Waals surface area contributed by atoms with Crippen molar-refractivity contribution in [1.82, 2.24) is 9.97 Å². The molecule has 0 radical (unpaired) electrons. The summed E-state index contributed by atoms with van der Waals surface area (Å²) in [5.41, 5.74) is 1.87. The van der Waals surface area contributed by atoms with Crippen molar-refractivity contribution < 1.29 is 14.3 Å². The molecule has 3 rings (SSSR count). The predicted octanol–water partition coefficient (Wildman–Crippen LogP) is 4.35. The third-order valence-corrected chi connectivity index (χ3v) is 3.46. The van der Waals surface area contributed by atoms with Gasteiger partial charge in [0.2, 0.25) is 0 Å². The number of ether oxygens (including phenoxy) is 2. The fourth-order valence-corrected chi connectivity index (χ4v) is 2.30. The Labute approximate surface area is 140 Å². The molecule has 0 fully saturated rings. The van der Waals surface area contributed by atoms with Crippen LogP contribution in [-0.2, 0) is 4.74 Å². The molecule has 0 aliphatic carbocycles. The van der Waals surface area contributed by atoms with Crippen molar-refractivity contribution in [2.24, 2.45) is 0 Å². The summed E-state index contributed by atoms with van der Waals surface area (Å²) >= 11 is 0. The lowest BCUT2D eigenvalue weighted by Gasteiger charge is -2.05. The van der Waals surface area contributed by atoms with Gasteiger partial charge in [-0.1, -0.05) is 18.2 Å². The second kappa shape index (κ2) is 7.00. The Hall–Kier alpha value is -3.08. The first-order valence-corrected chi connectivity index (χ1v) is 7.74. The SMILES string of the molecule is CCOC(=O)c1nc(-c2ccc(Oc3ccccc3)cc2)[nH]c1C. The van der Waals surface area contributed by atoms with E-state index in [1.807, 2.05) is 54.6 Å². The van der Waals surface area contributed by atoms with E-state index in [1.54, 1.807) is 13.8 Å². The van der Waals surface area contributed by atoms with Crippen molar-refractivity contribution in [3.63, 3.8) is 0 Å². The number of hydrogen-bond acceptors (Lipinski definition) is 4. The topological polar surface area (TPSA) is 64.2 Å². The lowest BCUT2D eigenvalue weighted by atomic mass is 10.2. The molecule has 0 aliphatic heterocycles. The minimum atomic E-state index is -0.415. The number of nitrogens with zero attached hydrogens (tertiary/aromatic N) is 1. The summed E-state index contributed by atoms with van der Waals surface area (Å²) in [4.78, 5) is 19.3. The molecular formula is C19H18N2O3. The molecule has 122 valence electrons. The summed E-state index contributed by atoms with van der Waals surface area (Å²) in [6.07, 6.45) is 0. The van der Waals surface area contributed by atoms with E-state index in [1.165, 1.54) is 0 Å². The molecule has 0 spiro atoms. The quantitative estimate of drug-likeness (QED) is 0.709. The molecule has 2 aromatic carbocycles. The Morgan fingerprint density at radius 3 is 2.38 bits per heavy atom. The molecule has 0 saturated carbocycles. The molecule has 1 aromatic heterocycles. The van der Waals surface area contributed by atoms with Gasteiger partial charge in [0.05, 0.1) is 6.61 Å². The number of benzene rings is 2. The summed E-state index contributed by atoms with van der Waals surface area (Å²) in [5.74, 6) is 1.73. The molecule has 0 bridgehead atoms. The number of esters is 1. The van der Waals surface area contributed by atoms with E-state index in [4.69, 9.17) is 9.47 Å². The van der Waals surface area contributed by atoms with E-state index in [0.717, 1.165) is 17.1 Å². The second-order valence-corrected chi connectivity index (χ2v) is 5.22. The van der Waals surface area contributed by atoms with Crippen LogP contribution in [0.3, 0.4) is 0 Å². The molecule has 0 saturated heterocycles. The number of aryl methyl sites for hydroxylation is 1. The standard InChI is InChI=1S/C19H18N2O3/c1-3-23-19(22)17-13(2)20-18(21-17)14-9-11-16(12-10-14)24-15-7-5-4-6-8-15/h4-12H,3H2,1-2H3,(H,20,21). The molecule has 0 unspecified atom stereocenters. The maximum atomic E-state index is 11.8. The van der Waals surface area contributed by atoms with Crippen LogP contribution in [0.5, 0.6) is 11.5 Å². The van der Waals surface area contributed by atoms with E-state index < -0.39 is 5.97 Å². The highest BCUT2D eigenvalue weighted by Crippen LogP contribution is 2.25. The number of aromatic amines is 1. The third-order valence-electron chi connectivity index (χ3n) is 3.46. The zero-order chi connectivity index (χ0) is 16.9. The van der Waals surface area contributed by atoms with E-state index in [9.17, 15) is 4.79 Å². The first-order valence-electron chi connectivity index (χ1n) is 7.74. The Bertz CT molecular complexity index is 824. The molecule has 0 amide bonds. The molecule has 0 atom stereocenters. The van der Waals surface area contributed by atoms with Crippen LogP contribution in [0.1, 0.15) is 23.1 Å². The number of hydrogen-bond donors (Lipinski definition) is 1. The predicted molar refractivity (Wildman–Crippen MR) is 91.2 cm³/mol. The summed E-state index contributed by atoms with van der Waals surface area (Å²) in [5, 5.41) is 0. The molecule has 5 nitrogen and oxygen atoms in total. The van der Waals surface area contributed by atoms with Gasteiger partial charge in [0.15, 0.2) is 5.69 Å². The van der Waals surface area contributed by atoms with Crippen molar-refractivity contribution in [3.8, 4) is 22.9 Å². The van der Waals surface area contributed by atoms with Gasteiger partial charge in [0, 0.05) is 11.3 Å². The van der Waals surface area contributed by atoms with Gasteiger partial charge < -0.3 is 14.5 Å². The number of H-pyrrole nitrogens is 1. The van der Waals surface area contributed by atoms with Crippen LogP contribution in [0, 0.1) is 6.92 Å². The van der Waals surface area contributed by atoms with Gasteiger partial charge in [-0.25, -0.2) is 9.78 Å². The van der Waals surface area contributed by atoms with Crippen molar-refractivity contribution >= 4 is 5.97 Å². The number of aromatic nitrogens is 2. The van der Waals surface area contributed by atoms with Crippen LogP contribution in [0.15, 0.2) is 54.6 Å². The first kappa shape index (κ1) is 15.8. The smallest absolute Gasteiger partial charge is 0.358 e. The van der Waals surface area contributed by atoms with Crippen LogP contribution in [0.2, 0.25) is 0 Å². The van der Waals surface area contributed by atoms with Gasteiger partial charge in [-0.2, -0.15) is 0 Å². The van der Waals surface area contributed by atoms with Gasteiger partial charge in [0.1, 0.15) is 17.3 Å². The minimum absolute atomic E-state index is 0.316. The molecule has 1 N–H and O–H groups in total. The number of imidazole rings is 1. The fourth-order valence-electron chi connectivity index (χ4n) is 2.30. The Kier molecular flexibility index (Phi) is 4.61. The van der Waals surface area contributed by atoms with Gasteiger partial charge >= 0.3 is 5.97 Å². The number of para-hydroxylation sites is 1. The highest BCUT2D eigenvalue weighted by molar-refractivity contribution is 5.89. The van der Waals surface area contributed by atoms with Crippen molar-refractivity contribution in [1.29, 1.82) is 0 Å². The molecule has 24 heavy (non-hydrogen) atoms. The zero-order valence-corrected chi connectivity index (χ0v) is 13.6. The molecule has 3 aromatic rings. The van der Waals surface area contributed by atoms with E-state index >= 15 is 0 Å². The van der Waals surface area contributed by atoms with Gasteiger partial charge in [-0.3, -0.25) is 0 Å². The Balaban J connectivity index is 1.78. The average molecular weight is 322 g/mol. The van der Waals surface area contributed by atoms with Crippen molar-refractivity contribution in [3.05, 3.63) is 66.0 Å². The average Bonchev–Trinajstić information content (AvgIpc) is 2.99. The van der Waals surface area contributed by atoms with Crippen molar-refractivity contribution in [2.75, 3.05) is 6.61 Å². The Morgan fingerprint density at radius 1 is 1.04 bits per heavy atom. The number of carbonyl (C=O) groups is 1. The molecule has 5 heteroatoms. The highest BCUT2D eigenvalue weighted by Gasteiger charge is 2.16. The molecule has 0 aliphatic rings. The first-order chi connectivity index (χ1) is 11.7. The van der Waals surface area contributed by atoms with Crippen LogP contribution < -0.4 is 4.74 Å². The van der Waals surface area contributed by atoms with Gasteiger partial charge in [-0.15, -0.1) is 0 Å². The summed E-state index contributed by atoms with van der Waals surface area (Å²) in [7, 11) is 0. The van der Waals surface area contributed by atoms with Crippen LogP contribution in [0.4, 0.5) is 0 Å². The van der Waals surface area contributed by atoms with Crippen LogP contribution >= 0.6 is 0 Å². The lowest BCUT2D eigenvalue weighted by Crippen LogP contribution is -2.06. The normalized spacial score (nSPS) is 10.4.